The predicted octanol–water partition coefficient (Wildman–Crippen LogP) is 5.56. The Labute approximate surface area is 181 Å². The van der Waals surface area contributed by atoms with Gasteiger partial charge in [0.25, 0.3) is 0 Å². The first-order valence-corrected chi connectivity index (χ1v) is 10.8. The van der Waals surface area contributed by atoms with Gasteiger partial charge in [-0.3, -0.25) is 9.97 Å². The lowest BCUT2D eigenvalue weighted by molar-refractivity contribution is 0.171. The van der Waals surface area contributed by atoms with Crippen molar-refractivity contribution in [3.8, 4) is 22.6 Å². The summed E-state index contributed by atoms with van der Waals surface area (Å²) in [5.41, 5.74) is 7.74. The Morgan fingerprint density at radius 2 is 1.74 bits per heavy atom. The minimum atomic E-state index is 0.298. The summed E-state index contributed by atoms with van der Waals surface area (Å²) in [6, 6.07) is 19.4. The zero-order valence-corrected chi connectivity index (χ0v) is 17.2. The molecule has 0 radical (unpaired) electrons. The second-order valence-corrected chi connectivity index (χ2v) is 8.09. The highest BCUT2D eigenvalue weighted by molar-refractivity contribution is 5.95. The highest BCUT2D eigenvalue weighted by Gasteiger charge is 2.21. The summed E-state index contributed by atoms with van der Waals surface area (Å²) in [6.07, 6.45) is 6.95. The van der Waals surface area contributed by atoms with E-state index in [-0.39, 0.29) is 0 Å². The van der Waals surface area contributed by atoms with E-state index in [0.717, 1.165) is 52.2 Å². The van der Waals surface area contributed by atoms with E-state index in [1.54, 1.807) is 12.4 Å². The number of hydrogen-bond acceptors (Lipinski definition) is 5. The van der Waals surface area contributed by atoms with Crippen molar-refractivity contribution in [3.05, 3.63) is 78.1 Å². The van der Waals surface area contributed by atoms with Gasteiger partial charge in [-0.1, -0.05) is 30.3 Å². The van der Waals surface area contributed by atoms with Crippen LogP contribution in [0.15, 0.2) is 67.0 Å². The third-order valence-electron chi connectivity index (χ3n) is 6.14. The van der Waals surface area contributed by atoms with E-state index in [9.17, 15) is 0 Å². The Morgan fingerprint density at radius 3 is 2.71 bits per heavy atom. The second-order valence-electron chi connectivity index (χ2n) is 8.09. The summed E-state index contributed by atoms with van der Waals surface area (Å²) in [4.78, 5) is 9.23. The fourth-order valence-electron chi connectivity index (χ4n) is 4.69. The van der Waals surface area contributed by atoms with Crippen LogP contribution >= 0.6 is 0 Å². The van der Waals surface area contributed by atoms with E-state index in [4.69, 9.17) is 9.47 Å². The molecule has 1 atom stereocenters. The number of aryl methyl sites for hydroxylation is 1. The lowest BCUT2D eigenvalue weighted by Gasteiger charge is -2.27. The maximum absolute atomic E-state index is 5.81. The van der Waals surface area contributed by atoms with Crippen molar-refractivity contribution >= 4 is 16.7 Å². The standard InChI is InChI=1S/C26H23N3O2/c1-2-6-20-17(4-1)5-3-7-22(20)29-19-15-21(26-23(16-19)27-10-11-28-26)18-8-9-24-25(14-18)31-13-12-30-24/h1-2,4,6,8-11,14-16,22,29H,3,5,7,12-13H2/t22-/m1/s1. The Morgan fingerprint density at radius 1 is 0.871 bits per heavy atom. The Hall–Kier alpha value is -3.60. The molecular weight excluding hydrogens is 386 g/mol. The number of rotatable bonds is 3. The van der Waals surface area contributed by atoms with Gasteiger partial charge in [0.1, 0.15) is 13.2 Å². The molecule has 0 fully saturated rings. The molecule has 1 aliphatic heterocycles. The number of fused-ring (bicyclic) bond motifs is 3. The SMILES string of the molecule is c1ccc2c(c1)CCC[C@H]2Nc1cc(-c2ccc3c(c2)OCCO3)c2nccnc2c1. The van der Waals surface area contributed by atoms with Gasteiger partial charge in [-0.2, -0.15) is 0 Å². The van der Waals surface area contributed by atoms with Gasteiger partial charge >= 0.3 is 0 Å². The predicted molar refractivity (Wildman–Crippen MR) is 122 cm³/mol. The summed E-state index contributed by atoms with van der Waals surface area (Å²) in [6.45, 7) is 1.16. The summed E-state index contributed by atoms with van der Waals surface area (Å²) in [5.74, 6) is 1.57. The van der Waals surface area contributed by atoms with Crippen LogP contribution < -0.4 is 14.8 Å². The van der Waals surface area contributed by atoms with Crippen molar-refractivity contribution in [1.82, 2.24) is 9.97 Å². The molecule has 5 nitrogen and oxygen atoms in total. The zero-order valence-electron chi connectivity index (χ0n) is 17.2. The molecule has 2 heterocycles. The summed E-state index contributed by atoms with van der Waals surface area (Å²) in [5, 5.41) is 3.78. The van der Waals surface area contributed by atoms with Crippen LogP contribution in [0, 0.1) is 0 Å². The minimum absolute atomic E-state index is 0.298. The average Bonchev–Trinajstić information content (AvgIpc) is 2.83. The maximum Gasteiger partial charge on any atom is 0.161 e. The molecular formula is C26H23N3O2. The van der Waals surface area contributed by atoms with Gasteiger partial charge in [0.15, 0.2) is 11.5 Å². The van der Waals surface area contributed by atoms with Crippen molar-refractivity contribution in [2.24, 2.45) is 0 Å². The van der Waals surface area contributed by atoms with E-state index in [2.05, 4.69) is 57.7 Å². The minimum Gasteiger partial charge on any atom is -0.486 e. The fraction of sp³-hybridized carbons (Fsp3) is 0.231. The van der Waals surface area contributed by atoms with Crippen LogP contribution in [0.25, 0.3) is 22.2 Å². The third kappa shape index (κ3) is 3.36. The van der Waals surface area contributed by atoms with Gasteiger partial charge in [-0.05, 0) is 60.2 Å². The van der Waals surface area contributed by atoms with Gasteiger partial charge in [0, 0.05) is 23.6 Å². The maximum atomic E-state index is 5.81. The third-order valence-corrected chi connectivity index (χ3v) is 6.14. The lowest BCUT2D eigenvalue weighted by atomic mass is 9.87. The molecule has 0 saturated heterocycles. The van der Waals surface area contributed by atoms with Gasteiger partial charge in [-0.15, -0.1) is 0 Å². The topological polar surface area (TPSA) is 56.3 Å². The Bertz CT molecular complexity index is 1270. The van der Waals surface area contributed by atoms with E-state index in [0.29, 0.717) is 19.3 Å². The molecule has 4 aromatic rings. The first kappa shape index (κ1) is 18.2. The normalized spacial score (nSPS) is 17.2. The van der Waals surface area contributed by atoms with E-state index < -0.39 is 0 Å². The molecule has 1 aromatic heterocycles. The van der Waals surface area contributed by atoms with Crippen LogP contribution in [0.3, 0.4) is 0 Å². The largest absolute Gasteiger partial charge is 0.486 e. The average molecular weight is 409 g/mol. The molecule has 5 heteroatoms. The molecule has 0 saturated carbocycles. The van der Waals surface area contributed by atoms with Crippen molar-refractivity contribution in [3.63, 3.8) is 0 Å². The van der Waals surface area contributed by atoms with Crippen LogP contribution in [0.1, 0.15) is 30.0 Å². The zero-order chi connectivity index (χ0) is 20.6. The number of nitrogens with one attached hydrogen (secondary N) is 1. The smallest absolute Gasteiger partial charge is 0.161 e. The number of anilines is 1. The van der Waals surface area contributed by atoms with Crippen molar-refractivity contribution in [1.29, 1.82) is 0 Å². The Kier molecular flexibility index (Phi) is 4.45. The summed E-state index contributed by atoms with van der Waals surface area (Å²) < 4.78 is 11.5. The highest BCUT2D eigenvalue weighted by Crippen LogP contribution is 2.39. The number of hydrogen-bond donors (Lipinski definition) is 1. The molecule has 2 aliphatic rings. The molecule has 0 unspecified atom stereocenters. The first-order valence-electron chi connectivity index (χ1n) is 10.8. The van der Waals surface area contributed by atoms with Crippen molar-refractivity contribution < 1.29 is 9.47 Å². The van der Waals surface area contributed by atoms with Crippen LogP contribution in [-0.2, 0) is 6.42 Å². The van der Waals surface area contributed by atoms with Gasteiger partial charge in [0.05, 0.1) is 17.1 Å². The molecule has 1 aliphatic carbocycles. The first-order chi connectivity index (χ1) is 15.3. The quantitative estimate of drug-likeness (QED) is 0.480. The second kappa shape index (κ2) is 7.58. The lowest BCUT2D eigenvalue weighted by Crippen LogP contribution is -2.17. The van der Waals surface area contributed by atoms with Crippen LogP contribution in [0.5, 0.6) is 11.5 Å². The van der Waals surface area contributed by atoms with Gasteiger partial charge in [-0.25, -0.2) is 0 Å². The summed E-state index contributed by atoms with van der Waals surface area (Å²) >= 11 is 0. The number of ether oxygens (including phenoxy) is 2. The summed E-state index contributed by atoms with van der Waals surface area (Å²) in [7, 11) is 0. The fourth-order valence-corrected chi connectivity index (χ4v) is 4.69. The molecule has 154 valence electrons. The van der Waals surface area contributed by atoms with Crippen molar-refractivity contribution in [2.45, 2.75) is 25.3 Å². The van der Waals surface area contributed by atoms with E-state index >= 15 is 0 Å². The Balaban J connectivity index is 1.43. The highest BCUT2D eigenvalue weighted by atomic mass is 16.6. The molecule has 0 spiro atoms. The van der Waals surface area contributed by atoms with Crippen LogP contribution in [-0.4, -0.2) is 23.2 Å². The van der Waals surface area contributed by atoms with Gasteiger partial charge in [0.2, 0.25) is 0 Å². The van der Waals surface area contributed by atoms with E-state index in [1.165, 1.54) is 17.5 Å². The number of benzene rings is 3. The van der Waals surface area contributed by atoms with Crippen LogP contribution in [0.4, 0.5) is 5.69 Å². The molecule has 0 amide bonds. The molecule has 31 heavy (non-hydrogen) atoms. The monoisotopic (exact) mass is 409 g/mol. The number of nitrogens with zero attached hydrogens (tertiary/aromatic N) is 2. The molecule has 0 bridgehead atoms. The number of aromatic nitrogens is 2. The molecule has 6 rings (SSSR count). The van der Waals surface area contributed by atoms with Crippen molar-refractivity contribution in [2.75, 3.05) is 18.5 Å². The van der Waals surface area contributed by atoms with E-state index in [1.807, 2.05) is 12.1 Å². The van der Waals surface area contributed by atoms with Gasteiger partial charge < -0.3 is 14.8 Å². The molecule has 3 aromatic carbocycles. The molecule has 1 N–H and O–H groups in total. The van der Waals surface area contributed by atoms with Crippen LogP contribution in [0.2, 0.25) is 0 Å².